The summed E-state index contributed by atoms with van der Waals surface area (Å²) in [5.41, 5.74) is 11.6. The first-order valence-corrected chi connectivity index (χ1v) is 11.7. The number of aromatic amines is 1. The number of aryl methyl sites for hydroxylation is 5. The number of rotatable bonds is 5. The number of carbonyl (C=O) groups is 1. The number of H-pyrrole nitrogens is 1. The van der Waals surface area contributed by atoms with Crippen molar-refractivity contribution in [1.29, 1.82) is 0 Å². The minimum Gasteiger partial charge on any atom is -0.339 e. The number of nitrogens with one attached hydrogen (secondary N) is 2. The zero-order chi connectivity index (χ0) is 25.7. The lowest BCUT2D eigenvalue weighted by molar-refractivity contribution is -0.111. The molecule has 8 heteroatoms. The number of pyridine rings is 1. The summed E-state index contributed by atoms with van der Waals surface area (Å²) in [7, 11) is 3.83. The lowest BCUT2D eigenvalue weighted by Gasteiger charge is -2.16. The standard InChI is InChI=1S/C28H29N7O/c1-8-23(36)31-26-15(2)9-10-20(17(26)4)25-24-16(3)21(22-14-35(7)33-18(22)5)12-29-28(24)32-27(25)19-11-30-34(6)13-19/h8-14H,1H2,2-7H3,(H,29,32)(H,31,36). The lowest BCUT2D eigenvalue weighted by Crippen LogP contribution is -2.10. The number of fused-ring (bicyclic) bond motifs is 1. The summed E-state index contributed by atoms with van der Waals surface area (Å²) in [5.74, 6) is -0.239. The number of hydrogen-bond acceptors (Lipinski definition) is 4. The van der Waals surface area contributed by atoms with Crippen molar-refractivity contribution in [2.24, 2.45) is 14.1 Å². The highest BCUT2D eigenvalue weighted by Crippen LogP contribution is 2.44. The topological polar surface area (TPSA) is 93.4 Å². The molecule has 0 spiro atoms. The van der Waals surface area contributed by atoms with Crippen LogP contribution in [-0.2, 0) is 18.9 Å². The summed E-state index contributed by atoms with van der Waals surface area (Å²) in [5, 5.41) is 13.0. The molecule has 4 aromatic heterocycles. The van der Waals surface area contributed by atoms with Gasteiger partial charge in [-0.25, -0.2) is 4.98 Å². The van der Waals surface area contributed by atoms with Crippen LogP contribution < -0.4 is 5.32 Å². The van der Waals surface area contributed by atoms with Gasteiger partial charge in [-0.1, -0.05) is 18.7 Å². The number of carbonyl (C=O) groups excluding carboxylic acids is 1. The predicted molar refractivity (Wildman–Crippen MR) is 144 cm³/mol. The summed E-state index contributed by atoms with van der Waals surface area (Å²) in [4.78, 5) is 20.6. The Morgan fingerprint density at radius 3 is 2.42 bits per heavy atom. The van der Waals surface area contributed by atoms with Crippen LogP contribution in [0.15, 0.2) is 49.6 Å². The molecule has 0 unspecified atom stereocenters. The van der Waals surface area contributed by atoms with Crippen molar-refractivity contribution in [3.05, 3.63) is 72.0 Å². The lowest BCUT2D eigenvalue weighted by atomic mass is 9.91. The van der Waals surface area contributed by atoms with Gasteiger partial charge in [-0.05, 0) is 56.0 Å². The van der Waals surface area contributed by atoms with Crippen molar-refractivity contribution in [3.63, 3.8) is 0 Å². The fraction of sp³-hybridized carbons (Fsp3) is 0.214. The number of anilines is 1. The number of benzene rings is 1. The largest absolute Gasteiger partial charge is 0.339 e. The molecule has 0 aliphatic rings. The van der Waals surface area contributed by atoms with Crippen molar-refractivity contribution in [3.8, 4) is 33.5 Å². The molecule has 36 heavy (non-hydrogen) atoms. The van der Waals surface area contributed by atoms with Gasteiger partial charge in [0.05, 0.1) is 17.6 Å². The van der Waals surface area contributed by atoms with Gasteiger partial charge in [0.25, 0.3) is 0 Å². The maximum absolute atomic E-state index is 12.2. The Balaban J connectivity index is 1.86. The van der Waals surface area contributed by atoms with Crippen molar-refractivity contribution < 1.29 is 4.79 Å². The SMILES string of the molecule is C=CC(=O)Nc1c(C)ccc(-c2c(-c3cnn(C)c3)[nH]c3ncc(-c4cn(C)nc4C)c(C)c23)c1C. The zero-order valence-electron chi connectivity index (χ0n) is 21.4. The van der Waals surface area contributed by atoms with E-state index in [4.69, 9.17) is 4.98 Å². The van der Waals surface area contributed by atoms with Crippen molar-refractivity contribution in [1.82, 2.24) is 29.5 Å². The molecule has 4 heterocycles. The van der Waals surface area contributed by atoms with Crippen LogP contribution in [0.1, 0.15) is 22.4 Å². The molecule has 5 aromatic rings. The zero-order valence-corrected chi connectivity index (χ0v) is 21.4. The van der Waals surface area contributed by atoms with Crippen LogP contribution in [0.4, 0.5) is 5.69 Å². The third kappa shape index (κ3) is 3.71. The Bertz CT molecular complexity index is 1670. The first-order chi connectivity index (χ1) is 17.2. The molecule has 0 saturated carbocycles. The van der Waals surface area contributed by atoms with E-state index >= 15 is 0 Å². The first kappa shape index (κ1) is 23.3. The Morgan fingerprint density at radius 1 is 1.00 bits per heavy atom. The van der Waals surface area contributed by atoms with E-state index in [0.717, 1.165) is 72.6 Å². The molecule has 0 atom stereocenters. The van der Waals surface area contributed by atoms with E-state index in [-0.39, 0.29) is 5.91 Å². The predicted octanol–water partition coefficient (Wildman–Crippen LogP) is 5.39. The molecular formula is C28H29N7O. The van der Waals surface area contributed by atoms with E-state index in [1.807, 2.05) is 70.4 Å². The fourth-order valence-electron chi connectivity index (χ4n) is 4.97. The van der Waals surface area contributed by atoms with Crippen LogP contribution in [0.25, 0.3) is 44.5 Å². The molecule has 8 nitrogen and oxygen atoms in total. The molecule has 0 bridgehead atoms. The van der Waals surface area contributed by atoms with Crippen LogP contribution in [0.3, 0.4) is 0 Å². The van der Waals surface area contributed by atoms with Crippen molar-refractivity contribution in [2.45, 2.75) is 27.7 Å². The number of aromatic nitrogens is 6. The Morgan fingerprint density at radius 2 is 1.78 bits per heavy atom. The fourth-order valence-corrected chi connectivity index (χ4v) is 4.97. The number of nitrogens with zero attached hydrogens (tertiary/aromatic N) is 5. The molecule has 2 N–H and O–H groups in total. The van der Waals surface area contributed by atoms with Crippen molar-refractivity contribution in [2.75, 3.05) is 5.32 Å². The van der Waals surface area contributed by atoms with Crippen LogP contribution in [0.5, 0.6) is 0 Å². The molecule has 182 valence electrons. The van der Waals surface area contributed by atoms with Gasteiger partial charge in [-0.15, -0.1) is 0 Å². The first-order valence-electron chi connectivity index (χ1n) is 11.7. The van der Waals surface area contributed by atoms with E-state index in [1.54, 1.807) is 4.68 Å². The van der Waals surface area contributed by atoms with Crippen LogP contribution in [0, 0.1) is 27.7 Å². The van der Waals surface area contributed by atoms with Gasteiger partial charge in [0.15, 0.2) is 0 Å². The Hall–Kier alpha value is -4.46. The molecular weight excluding hydrogens is 450 g/mol. The van der Waals surface area contributed by atoms with Crippen molar-refractivity contribution >= 4 is 22.6 Å². The average molecular weight is 480 g/mol. The third-order valence-corrected chi connectivity index (χ3v) is 6.76. The molecule has 0 radical (unpaired) electrons. The van der Waals surface area contributed by atoms with E-state index in [2.05, 4.69) is 40.1 Å². The monoisotopic (exact) mass is 479 g/mol. The minimum absolute atomic E-state index is 0.239. The highest BCUT2D eigenvalue weighted by Gasteiger charge is 2.24. The van der Waals surface area contributed by atoms with Gasteiger partial charge >= 0.3 is 0 Å². The maximum Gasteiger partial charge on any atom is 0.247 e. The molecule has 0 saturated heterocycles. The maximum atomic E-state index is 12.2. The van der Waals surface area contributed by atoms with E-state index in [0.29, 0.717) is 0 Å². The average Bonchev–Trinajstić information content (AvgIpc) is 3.53. The molecule has 0 aliphatic heterocycles. The van der Waals surface area contributed by atoms with Gasteiger partial charge in [0.2, 0.25) is 5.91 Å². The summed E-state index contributed by atoms with van der Waals surface area (Å²) < 4.78 is 3.61. The second kappa shape index (κ2) is 8.64. The number of hydrogen-bond donors (Lipinski definition) is 2. The summed E-state index contributed by atoms with van der Waals surface area (Å²) in [6, 6.07) is 4.14. The van der Waals surface area contributed by atoms with Crippen LogP contribution in [0.2, 0.25) is 0 Å². The molecule has 0 fully saturated rings. The highest BCUT2D eigenvalue weighted by atomic mass is 16.1. The van der Waals surface area contributed by atoms with Gasteiger partial charge in [0.1, 0.15) is 5.65 Å². The van der Waals surface area contributed by atoms with Gasteiger partial charge < -0.3 is 10.3 Å². The number of amides is 1. The van der Waals surface area contributed by atoms with Crippen LogP contribution in [-0.4, -0.2) is 35.4 Å². The smallest absolute Gasteiger partial charge is 0.247 e. The van der Waals surface area contributed by atoms with Gasteiger partial charge in [-0.3, -0.25) is 14.2 Å². The van der Waals surface area contributed by atoms with Crippen LogP contribution >= 0.6 is 0 Å². The Labute approximate surface area is 209 Å². The van der Waals surface area contributed by atoms with E-state index < -0.39 is 0 Å². The van der Waals surface area contributed by atoms with Gasteiger partial charge in [-0.2, -0.15) is 10.2 Å². The Kier molecular flexibility index (Phi) is 5.59. The second-order valence-corrected chi connectivity index (χ2v) is 9.22. The summed E-state index contributed by atoms with van der Waals surface area (Å²) >= 11 is 0. The minimum atomic E-state index is -0.239. The molecule has 0 aliphatic carbocycles. The second-order valence-electron chi connectivity index (χ2n) is 9.22. The molecule has 1 amide bonds. The summed E-state index contributed by atoms with van der Waals surface area (Å²) in [6.45, 7) is 11.8. The van der Waals surface area contributed by atoms with E-state index in [9.17, 15) is 4.79 Å². The molecule has 5 rings (SSSR count). The highest BCUT2D eigenvalue weighted by molar-refractivity contribution is 6.08. The van der Waals surface area contributed by atoms with E-state index in [1.165, 1.54) is 6.08 Å². The van der Waals surface area contributed by atoms with Gasteiger partial charge in [0, 0.05) is 66.0 Å². The summed E-state index contributed by atoms with van der Waals surface area (Å²) in [6.07, 6.45) is 9.06. The normalized spacial score (nSPS) is 11.3. The quantitative estimate of drug-likeness (QED) is 0.331. The third-order valence-electron chi connectivity index (χ3n) is 6.76. The molecule has 1 aromatic carbocycles.